The van der Waals surface area contributed by atoms with Crippen LogP contribution in [0.5, 0.6) is 0 Å². The predicted octanol–water partition coefficient (Wildman–Crippen LogP) is 1.71. The third kappa shape index (κ3) is 6.56. The van der Waals surface area contributed by atoms with Crippen LogP contribution in [0.3, 0.4) is 0 Å². The summed E-state index contributed by atoms with van der Waals surface area (Å²) in [6.07, 6.45) is 9.84. The van der Waals surface area contributed by atoms with E-state index in [-0.39, 0.29) is 12.5 Å². The van der Waals surface area contributed by atoms with Gasteiger partial charge in [-0.1, -0.05) is 31.7 Å². The molecule has 1 aromatic rings. The highest BCUT2D eigenvalue weighted by Crippen LogP contribution is 2.16. The molecule has 1 aliphatic carbocycles. The van der Waals surface area contributed by atoms with Crippen molar-refractivity contribution in [2.75, 3.05) is 20.1 Å². The molecule has 0 atom stereocenters. The second-order valence-electron chi connectivity index (χ2n) is 6.42. The topological polar surface area (TPSA) is 83.6 Å². The second-order valence-corrected chi connectivity index (χ2v) is 6.42. The fourth-order valence-corrected chi connectivity index (χ4v) is 2.90. The van der Waals surface area contributed by atoms with Gasteiger partial charge in [-0.3, -0.25) is 9.78 Å². The van der Waals surface area contributed by atoms with Crippen LogP contribution in [0.4, 0.5) is 0 Å². The number of aromatic nitrogens is 1. The van der Waals surface area contributed by atoms with E-state index in [1.165, 1.54) is 25.7 Å². The summed E-state index contributed by atoms with van der Waals surface area (Å²) in [6, 6.07) is 6.20. The van der Waals surface area contributed by atoms with Gasteiger partial charge in [0.15, 0.2) is 5.96 Å². The Bertz CT molecular complexity index is 523. The molecule has 0 bridgehead atoms. The maximum atomic E-state index is 12.1. The lowest BCUT2D eigenvalue weighted by Gasteiger charge is -2.18. The first kappa shape index (κ1) is 18.2. The minimum Gasteiger partial charge on any atom is -0.370 e. The van der Waals surface area contributed by atoms with E-state index in [4.69, 9.17) is 5.73 Å². The van der Waals surface area contributed by atoms with Crippen molar-refractivity contribution in [1.82, 2.24) is 15.2 Å². The Morgan fingerprint density at radius 3 is 2.75 bits per heavy atom. The maximum Gasteiger partial charge on any atom is 0.244 e. The number of amides is 1. The summed E-state index contributed by atoms with van der Waals surface area (Å²) in [5, 5.41) is 3.26. The normalized spacial score (nSPS) is 16.5. The van der Waals surface area contributed by atoms with Crippen LogP contribution in [-0.2, 0) is 11.2 Å². The quantitative estimate of drug-likeness (QED) is 0.472. The molecule has 24 heavy (non-hydrogen) atoms. The van der Waals surface area contributed by atoms with Crippen molar-refractivity contribution in [3.8, 4) is 0 Å². The number of carbonyl (C=O) groups is 1. The highest BCUT2D eigenvalue weighted by atomic mass is 16.2. The number of carbonyl (C=O) groups excluding carboxylic acids is 1. The van der Waals surface area contributed by atoms with Gasteiger partial charge in [0, 0.05) is 37.9 Å². The molecule has 1 aromatic heterocycles. The first-order valence-corrected chi connectivity index (χ1v) is 8.85. The summed E-state index contributed by atoms with van der Waals surface area (Å²) in [6.45, 7) is 0.714. The monoisotopic (exact) mass is 331 g/mol. The van der Waals surface area contributed by atoms with Gasteiger partial charge in [-0.05, 0) is 25.0 Å². The van der Waals surface area contributed by atoms with Crippen LogP contribution < -0.4 is 11.1 Å². The van der Waals surface area contributed by atoms with Crippen LogP contribution in [0.15, 0.2) is 29.4 Å². The lowest BCUT2D eigenvalue weighted by Crippen LogP contribution is -2.40. The van der Waals surface area contributed by atoms with E-state index in [9.17, 15) is 4.79 Å². The van der Waals surface area contributed by atoms with Crippen molar-refractivity contribution < 1.29 is 4.79 Å². The number of nitrogens with one attached hydrogen (secondary N) is 1. The van der Waals surface area contributed by atoms with Crippen molar-refractivity contribution in [2.45, 2.75) is 51.0 Å². The molecule has 0 unspecified atom stereocenters. The van der Waals surface area contributed by atoms with Crippen LogP contribution >= 0.6 is 0 Å². The fraction of sp³-hybridized carbons (Fsp3) is 0.611. The molecule has 1 heterocycles. The second kappa shape index (κ2) is 9.90. The average molecular weight is 331 g/mol. The SMILES string of the molecule is CN(CCc1ccccn1)C(=O)CN=C(N)NC1CCCCCC1. The highest BCUT2D eigenvalue weighted by Gasteiger charge is 2.13. The summed E-state index contributed by atoms with van der Waals surface area (Å²) in [4.78, 5) is 22.3. The number of hydrogen-bond donors (Lipinski definition) is 2. The third-order valence-electron chi connectivity index (χ3n) is 4.45. The number of guanidine groups is 1. The van der Waals surface area contributed by atoms with Gasteiger partial charge in [-0.15, -0.1) is 0 Å². The Balaban J connectivity index is 1.71. The average Bonchev–Trinajstić information content (AvgIpc) is 2.87. The largest absolute Gasteiger partial charge is 0.370 e. The molecule has 1 amide bonds. The van der Waals surface area contributed by atoms with E-state index in [0.717, 1.165) is 25.0 Å². The number of nitrogens with two attached hydrogens (primary N) is 1. The van der Waals surface area contributed by atoms with E-state index >= 15 is 0 Å². The number of aliphatic imine (C=N–C) groups is 1. The standard InChI is InChI=1S/C18H29N5O/c1-23(13-11-15-8-6-7-12-20-15)17(24)14-21-18(19)22-16-9-4-2-3-5-10-16/h6-8,12,16H,2-5,9-11,13-14H2,1H3,(H3,19,21,22). The summed E-state index contributed by atoms with van der Waals surface area (Å²) in [5.41, 5.74) is 6.91. The Morgan fingerprint density at radius 1 is 1.33 bits per heavy atom. The van der Waals surface area contributed by atoms with E-state index in [0.29, 0.717) is 18.5 Å². The Kier molecular flexibility index (Phi) is 7.52. The van der Waals surface area contributed by atoms with Gasteiger partial charge in [0.1, 0.15) is 6.54 Å². The molecule has 0 spiro atoms. The zero-order valence-electron chi connectivity index (χ0n) is 14.6. The zero-order valence-corrected chi connectivity index (χ0v) is 14.6. The first-order chi connectivity index (χ1) is 11.6. The molecule has 6 nitrogen and oxygen atoms in total. The summed E-state index contributed by atoms with van der Waals surface area (Å²) >= 11 is 0. The van der Waals surface area contributed by atoms with Crippen LogP contribution in [0, 0.1) is 0 Å². The van der Waals surface area contributed by atoms with Crippen molar-refractivity contribution in [2.24, 2.45) is 10.7 Å². The maximum absolute atomic E-state index is 12.1. The minimum absolute atomic E-state index is 0.0310. The smallest absolute Gasteiger partial charge is 0.244 e. The van der Waals surface area contributed by atoms with Crippen molar-refractivity contribution in [1.29, 1.82) is 0 Å². The molecule has 0 saturated heterocycles. The first-order valence-electron chi connectivity index (χ1n) is 8.85. The van der Waals surface area contributed by atoms with E-state index in [1.54, 1.807) is 18.1 Å². The molecule has 3 N–H and O–H groups in total. The van der Waals surface area contributed by atoms with Crippen LogP contribution in [0.2, 0.25) is 0 Å². The number of nitrogens with zero attached hydrogens (tertiary/aromatic N) is 3. The van der Waals surface area contributed by atoms with Gasteiger partial charge in [0.05, 0.1) is 0 Å². The Hall–Kier alpha value is -2.11. The molecule has 1 saturated carbocycles. The number of hydrogen-bond acceptors (Lipinski definition) is 3. The van der Waals surface area contributed by atoms with E-state index < -0.39 is 0 Å². The van der Waals surface area contributed by atoms with Gasteiger partial charge in [0.2, 0.25) is 5.91 Å². The molecule has 1 fully saturated rings. The fourth-order valence-electron chi connectivity index (χ4n) is 2.90. The lowest BCUT2D eigenvalue weighted by atomic mass is 10.1. The van der Waals surface area contributed by atoms with E-state index in [1.807, 2.05) is 18.2 Å². The van der Waals surface area contributed by atoms with Crippen molar-refractivity contribution >= 4 is 11.9 Å². The molecule has 0 aromatic carbocycles. The van der Waals surface area contributed by atoms with E-state index in [2.05, 4.69) is 15.3 Å². The summed E-state index contributed by atoms with van der Waals surface area (Å²) in [5.74, 6) is 0.352. The van der Waals surface area contributed by atoms with Gasteiger partial charge in [0.25, 0.3) is 0 Å². The molecule has 132 valence electrons. The molecule has 1 aliphatic rings. The molecular formula is C18H29N5O. The summed E-state index contributed by atoms with van der Waals surface area (Å²) < 4.78 is 0. The Morgan fingerprint density at radius 2 is 2.08 bits per heavy atom. The number of rotatable bonds is 6. The lowest BCUT2D eigenvalue weighted by molar-refractivity contribution is -0.128. The van der Waals surface area contributed by atoms with Crippen LogP contribution in [0.1, 0.15) is 44.2 Å². The predicted molar refractivity (Wildman–Crippen MR) is 96.7 cm³/mol. The van der Waals surface area contributed by atoms with Gasteiger partial charge < -0.3 is 16.0 Å². The van der Waals surface area contributed by atoms with Crippen LogP contribution in [0.25, 0.3) is 0 Å². The Labute approximate surface area is 144 Å². The number of pyridine rings is 1. The van der Waals surface area contributed by atoms with Crippen molar-refractivity contribution in [3.63, 3.8) is 0 Å². The van der Waals surface area contributed by atoms with Gasteiger partial charge >= 0.3 is 0 Å². The number of likely N-dealkylation sites (N-methyl/N-ethyl adjacent to an activating group) is 1. The molecule has 0 radical (unpaired) electrons. The molecular weight excluding hydrogens is 302 g/mol. The summed E-state index contributed by atoms with van der Waals surface area (Å²) in [7, 11) is 1.79. The van der Waals surface area contributed by atoms with Crippen molar-refractivity contribution in [3.05, 3.63) is 30.1 Å². The third-order valence-corrected chi connectivity index (χ3v) is 4.45. The highest BCUT2D eigenvalue weighted by molar-refractivity contribution is 5.84. The van der Waals surface area contributed by atoms with Crippen LogP contribution in [-0.4, -0.2) is 47.9 Å². The molecule has 0 aliphatic heterocycles. The zero-order chi connectivity index (χ0) is 17.2. The molecule has 2 rings (SSSR count). The van der Waals surface area contributed by atoms with Gasteiger partial charge in [-0.25, -0.2) is 4.99 Å². The minimum atomic E-state index is -0.0310. The molecule has 6 heteroatoms. The van der Waals surface area contributed by atoms with Gasteiger partial charge in [-0.2, -0.15) is 0 Å².